The quantitative estimate of drug-likeness (QED) is 0.838. The monoisotopic (exact) mass is 373 g/mol. The van der Waals surface area contributed by atoms with E-state index in [4.69, 9.17) is 0 Å². The molecule has 1 heterocycles. The minimum Gasteiger partial charge on any atom is -0.381 e. The van der Waals surface area contributed by atoms with E-state index in [1.54, 1.807) is 25.1 Å². The molecule has 0 spiro atoms. The zero-order chi connectivity index (χ0) is 13.8. The maximum absolute atomic E-state index is 13.4. The van der Waals surface area contributed by atoms with E-state index in [-0.39, 0.29) is 11.4 Å². The summed E-state index contributed by atoms with van der Waals surface area (Å²) >= 11 is 1.99. The molecule has 0 saturated carbocycles. The Balaban J connectivity index is 2.03. The van der Waals surface area contributed by atoms with Gasteiger partial charge in [-0.05, 0) is 41.6 Å². The molecule has 2 aromatic rings. The van der Waals surface area contributed by atoms with Crippen LogP contribution in [0.4, 0.5) is 10.1 Å². The van der Waals surface area contributed by atoms with Crippen LogP contribution in [0.25, 0.3) is 0 Å². The number of aromatic nitrogens is 2. The molecule has 0 aliphatic carbocycles. The highest BCUT2D eigenvalue weighted by atomic mass is 127. The molecule has 0 aliphatic heterocycles. The van der Waals surface area contributed by atoms with Gasteiger partial charge < -0.3 is 5.32 Å². The summed E-state index contributed by atoms with van der Waals surface area (Å²) in [5, 5.41) is 2.96. The second-order valence-electron chi connectivity index (χ2n) is 4.05. The van der Waals surface area contributed by atoms with E-state index in [0.717, 1.165) is 5.69 Å². The van der Waals surface area contributed by atoms with Gasteiger partial charge >= 0.3 is 0 Å². The van der Waals surface area contributed by atoms with Crippen LogP contribution in [0.2, 0.25) is 0 Å². The molecule has 0 amide bonds. The van der Waals surface area contributed by atoms with Gasteiger partial charge in [0.25, 0.3) is 5.56 Å². The highest BCUT2D eigenvalue weighted by molar-refractivity contribution is 14.1. The topological polar surface area (TPSA) is 46.9 Å². The number of para-hydroxylation sites is 1. The summed E-state index contributed by atoms with van der Waals surface area (Å²) in [6.07, 6.45) is 1.52. The summed E-state index contributed by atoms with van der Waals surface area (Å²) in [6.45, 7) is 2.70. The number of anilines is 1. The lowest BCUT2D eigenvalue weighted by Gasteiger charge is -2.09. The Morgan fingerprint density at radius 3 is 2.89 bits per heavy atom. The number of benzene rings is 1. The largest absolute Gasteiger partial charge is 0.381 e. The van der Waals surface area contributed by atoms with Crippen LogP contribution in [-0.2, 0) is 6.54 Å². The molecule has 1 N–H and O–H groups in total. The summed E-state index contributed by atoms with van der Waals surface area (Å²) in [6, 6.07) is 6.45. The number of aryl methyl sites for hydroxylation is 1. The summed E-state index contributed by atoms with van der Waals surface area (Å²) in [5.74, 6) is -0.300. The third-order valence-corrected chi connectivity index (χ3v) is 3.94. The lowest BCUT2D eigenvalue weighted by Crippen LogP contribution is -2.27. The SMILES string of the molecule is Cc1ncn(CCNc2ccccc2F)c(=O)c1I. The van der Waals surface area contributed by atoms with E-state index in [0.29, 0.717) is 22.3 Å². The predicted octanol–water partition coefficient (Wildman–Crippen LogP) is 2.41. The van der Waals surface area contributed by atoms with Crippen LogP contribution >= 0.6 is 22.6 Å². The van der Waals surface area contributed by atoms with Gasteiger partial charge in [0.2, 0.25) is 0 Å². The maximum atomic E-state index is 13.4. The van der Waals surface area contributed by atoms with Gasteiger partial charge in [0.1, 0.15) is 5.82 Å². The van der Waals surface area contributed by atoms with Crippen molar-refractivity contribution < 1.29 is 4.39 Å². The first kappa shape index (κ1) is 14.0. The molecule has 0 radical (unpaired) electrons. The average molecular weight is 373 g/mol. The maximum Gasteiger partial charge on any atom is 0.267 e. The Labute approximate surface area is 123 Å². The van der Waals surface area contributed by atoms with Crippen LogP contribution in [-0.4, -0.2) is 16.1 Å². The van der Waals surface area contributed by atoms with Crippen molar-refractivity contribution in [2.24, 2.45) is 0 Å². The molecule has 6 heteroatoms. The van der Waals surface area contributed by atoms with Gasteiger partial charge in [-0.15, -0.1) is 0 Å². The Kier molecular flexibility index (Phi) is 4.52. The molecule has 0 fully saturated rings. The number of halogens is 2. The second-order valence-corrected chi connectivity index (χ2v) is 5.13. The molecule has 0 aliphatic rings. The van der Waals surface area contributed by atoms with E-state index >= 15 is 0 Å². The van der Waals surface area contributed by atoms with Crippen LogP contribution in [0.5, 0.6) is 0 Å². The van der Waals surface area contributed by atoms with Gasteiger partial charge in [0, 0.05) is 13.1 Å². The van der Waals surface area contributed by atoms with Gasteiger partial charge in [-0.2, -0.15) is 0 Å². The van der Waals surface area contributed by atoms with Crippen molar-refractivity contribution in [3.8, 4) is 0 Å². The van der Waals surface area contributed by atoms with Crippen molar-refractivity contribution in [3.63, 3.8) is 0 Å². The fourth-order valence-corrected chi connectivity index (χ4v) is 2.07. The molecule has 19 heavy (non-hydrogen) atoms. The molecular formula is C13H13FIN3O. The molecule has 0 bridgehead atoms. The summed E-state index contributed by atoms with van der Waals surface area (Å²) in [4.78, 5) is 16.0. The predicted molar refractivity (Wildman–Crippen MR) is 80.8 cm³/mol. The third kappa shape index (κ3) is 3.31. The molecule has 4 nitrogen and oxygen atoms in total. The highest BCUT2D eigenvalue weighted by Gasteiger charge is 2.05. The molecule has 100 valence electrons. The Hall–Kier alpha value is -1.44. The van der Waals surface area contributed by atoms with Crippen LogP contribution < -0.4 is 10.9 Å². The molecule has 1 aromatic heterocycles. The number of hydrogen-bond acceptors (Lipinski definition) is 3. The number of hydrogen-bond donors (Lipinski definition) is 1. The summed E-state index contributed by atoms with van der Waals surface area (Å²) in [5.41, 5.74) is 1.10. The van der Waals surface area contributed by atoms with Crippen molar-refractivity contribution in [2.75, 3.05) is 11.9 Å². The van der Waals surface area contributed by atoms with Gasteiger partial charge in [-0.25, -0.2) is 9.37 Å². The van der Waals surface area contributed by atoms with Crippen LogP contribution in [0.3, 0.4) is 0 Å². The number of nitrogens with one attached hydrogen (secondary N) is 1. The third-order valence-electron chi connectivity index (χ3n) is 2.70. The standard InChI is InChI=1S/C13H13FIN3O/c1-9-12(15)13(19)18(8-17-9)7-6-16-11-5-3-2-4-10(11)14/h2-5,8,16H,6-7H2,1H3. The summed E-state index contributed by atoms with van der Waals surface area (Å²) < 4.78 is 15.5. The Morgan fingerprint density at radius 1 is 1.42 bits per heavy atom. The minimum atomic E-state index is -0.300. The zero-order valence-electron chi connectivity index (χ0n) is 10.4. The lowest BCUT2D eigenvalue weighted by molar-refractivity contribution is 0.625. The van der Waals surface area contributed by atoms with Gasteiger partial charge in [0.15, 0.2) is 0 Å². The van der Waals surface area contributed by atoms with Gasteiger partial charge in [0.05, 0.1) is 21.3 Å². The summed E-state index contributed by atoms with van der Waals surface area (Å²) in [7, 11) is 0. The number of rotatable bonds is 4. The molecule has 2 rings (SSSR count). The number of nitrogens with zero attached hydrogens (tertiary/aromatic N) is 2. The molecule has 0 atom stereocenters. The van der Waals surface area contributed by atoms with Gasteiger partial charge in [-0.3, -0.25) is 9.36 Å². The first-order chi connectivity index (χ1) is 9.09. The Morgan fingerprint density at radius 2 is 2.16 bits per heavy atom. The molecular weight excluding hydrogens is 360 g/mol. The van der Waals surface area contributed by atoms with E-state index in [2.05, 4.69) is 10.3 Å². The molecule has 0 saturated heterocycles. The van der Waals surface area contributed by atoms with Crippen LogP contribution in [0.1, 0.15) is 5.69 Å². The Bertz CT molecular complexity index is 642. The van der Waals surface area contributed by atoms with Crippen LogP contribution in [0.15, 0.2) is 35.4 Å². The normalized spacial score (nSPS) is 10.5. The lowest BCUT2D eigenvalue weighted by atomic mass is 10.3. The van der Waals surface area contributed by atoms with Crippen molar-refractivity contribution in [2.45, 2.75) is 13.5 Å². The molecule has 1 aromatic carbocycles. The zero-order valence-corrected chi connectivity index (χ0v) is 12.5. The van der Waals surface area contributed by atoms with E-state index < -0.39 is 0 Å². The highest BCUT2D eigenvalue weighted by Crippen LogP contribution is 2.11. The second kappa shape index (κ2) is 6.14. The van der Waals surface area contributed by atoms with E-state index in [1.165, 1.54) is 17.0 Å². The van der Waals surface area contributed by atoms with E-state index in [1.807, 2.05) is 22.6 Å². The van der Waals surface area contributed by atoms with Crippen molar-refractivity contribution >= 4 is 28.3 Å². The first-order valence-corrected chi connectivity index (χ1v) is 6.87. The smallest absolute Gasteiger partial charge is 0.267 e. The fourth-order valence-electron chi connectivity index (χ4n) is 1.62. The first-order valence-electron chi connectivity index (χ1n) is 5.79. The molecule has 0 unspecified atom stereocenters. The fraction of sp³-hybridized carbons (Fsp3) is 0.231. The van der Waals surface area contributed by atoms with E-state index in [9.17, 15) is 9.18 Å². The minimum absolute atomic E-state index is 0.0663. The van der Waals surface area contributed by atoms with Crippen molar-refractivity contribution in [3.05, 3.63) is 56.0 Å². The van der Waals surface area contributed by atoms with Gasteiger partial charge in [-0.1, -0.05) is 12.1 Å². The van der Waals surface area contributed by atoms with Crippen LogP contribution in [0, 0.1) is 16.3 Å². The van der Waals surface area contributed by atoms with Crippen molar-refractivity contribution in [1.82, 2.24) is 9.55 Å². The van der Waals surface area contributed by atoms with Crippen molar-refractivity contribution in [1.29, 1.82) is 0 Å². The average Bonchev–Trinajstić information content (AvgIpc) is 2.41.